The largest absolute Gasteiger partial charge is 0.472 e. The smallest absolute Gasteiger partial charge is 0.393 e. The Balaban J connectivity index is 2.47. The first kappa shape index (κ1) is 59.3. The number of carbonyl (C=O) groups excluding carboxylic acids is 1. The first-order valence-corrected chi connectivity index (χ1v) is 27.1. The van der Waals surface area contributed by atoms with Crippen LogP contribution in [-0.4, -0.2) is 108 Å². The monoisotopic (exact) mass is 910 g/mol. The molecule has 14 heteroatoms. The lowest BCUT2D eigenvalue weighted by Crippen LogP contribution is -2.64. The molecular formula is C48H96NO12P. The van der Waals surface area contributed by atoms with E-state index in [0.717, 1.165) is 51.4 Å². The van der Waals surface area contributed by atoms with Crippen LogP contribution >= 0.6 is 7.82 Å². The number of phosphoric acid groups is 1. The van der Waals surface area contributed by atoms with Crippen LogP contribution in [0.4, 0.5) is 0 Å². The zero-order valence-corrected chi connectivity index (χ0v) is 40.2. The minimum absolute atomic E-state index is 0.215. The maximum absolute atomic E-state index is 13.0. The van der Waals surface area contributed by atoms with Gasteiger partial charge in [0.15, 0.2) is 0 Å². The number of unbranched alkanes of at least 4 members (excludes halogenated alkanes) is 30. The van der Waals surface area contributed by atoms with Crippen molar-refractivity contribution in [3.8, 4) is 0 Å². The number of amides is 1. The second kappa shape index (κ2) is 38.4. The van der Waals surface area contributed by atoms with Crippen molar-refractivity contribution in [1.82, 2.24) is 5.32 Å². The fraction of sp³-hybridized carbons (Fsp3) is 0.979. The van der Waals surface area contributed by atoms with E-state index in [-0.39, 0.29) is 12.8 Å². The van der Waals surface area contributed by atoms with E-state index in [0.29, 0.717) is 12.8 Å². The van der Waals surface area contributed by atoms with E-state index in [9.17, 15) is 50.0 Å². The van der Waals surface area contributed by atoms with Crippen LogP contribution in [0.25, 0.3) is 0 Å². The summed E-state index contributed by atoms with van der Waals surface area (Å²) in [7, 11) is -5.11. The molecule has 1 aliphatic carbocycles. The Morgan fingerprint density at radius 2 is 0.806 bits per heavy atom. The van der Waals surface area contributed by atoms with Gasteiger partial charge in [0.1, 0.15) is 36.6 Å². The quantitative estimate of drug-likeness (QED) is 0.0206. The molecule has 8 atom stereocenters. The second-order valence-corrected chi connectivity index (χ2v) is 20.0. The molecule has 370 valence electrons. The molecule has 0 aromatic rings. The van der Waals surface area contributed by atoms with Gasteiger partial charge in [-0.1, -0.05) is 219 Å². The second-order valence-electron chi connectivity index (χ2n) is 18.6. The van der Waals surface area contributed by atoms with Gasteiger partial charge in [0.05, 0.1) is 31.3 Å². The molecule has 1 amide bonds. The van der Waals surface area contributed by atoms with Crippen LogP contribution in [-0.2, 0) is 18.4 Å². The third kappa shape index (κ3) is 29.8. The van der Waals surface area contributed by atoms with Crippen molar-refractivity contribution < 1.29 is 59.0 Å². The summed E-state index contributed by atoms with van der Waals surface area (Å²) in [6.45, 7) is 3.82. The van der Waals surface area contributed by atoms with Gasteiger partial charge < -0.3 is 46.0 Å². The summed E-state index contributed by atoms with van der Waals surface area (Å²) in [4.78, 5) is 23.5. The molecule has 0 aliphatic heterocycles. The van der Waals surface area contributed by atoms with E-state index in [2.05, 4.69) is 19.2 Å². The van der Waals surface area contributed by atoms with E-state index < -0.39 is 75.2 Å². The molecule has 0 aromatic carbocycles. The molecule has 1 aliphatic rings. The van der Waals surface area contributed by atoms with E-state index >= 15 is 0 Å². The van der Waals surface area contributed by atoms with Crippen molar-refractivity contribution in [2.45, 2.75) is 293 Å². The van der Waals surface area contributed by atoms with Crippen LogP contribution < -0.4 is 5.32 Å². The fourth-order valence-electron chi connectivity index (χ4n) is 8.54. The van der Waals surface area contributed by atoms with E-state index in [1.165, 1.54) is 148 Å². The van der Waals surface area contributed by atoms with Crippen molar-refractivity contribution in [2.24, 2.45) is 0 Å². The molecule has 1 saturated carbocycles. The van der Waals surface area contributed by atoms with Crippen LogP contribution in [0.3, 0.4) is 0 Å². The first-order valence-electron chi connectivity index (χ1n) is 25.6. The van der Waals surface area contributed by atoms with Crippen LogP contribution in [0.5, 0.6) is 0 Å². The first-order chi connectivity index (χ1) is 29.8. The number of aliphatic hydroxyl groups excluding tert-OH is 7. The van der Waals surface area contributed by atoms with E-state index in [1.807, 2.05) is 0 Å². The number of aliphatic hydroxyl groups is 7. The van der Waals surface area contributed by atoms with Crippen molar-refractivity contribution >= 4 is 13.7 Å². The minimum Gasteiger partial charge on any atom is -0.393 e. The Kier molecular flexibility index (Phi) is 36.7. The Morgan fingerprint density at radius 1 is 0.500 bits per heavy atom. The summed E-state index contributed by atoms with van der Waals surface area (Å²) in [5, 5.41) is 74.8. The van der Waals surface area contributed by atoms with Gasteiger partial charge in [-0.15, -0.1) is 0 Å². The number of hydrogen-bond acceptors (Lipinski definition) is 11. The fourth-order valence-corrected chi connectivity index (χ4v) is 9.51. The van der Waals surface area contributed by atoms with Crippen molar-refractivity contribution in [3.05, 3.63) is 0 Å². The Hall–Kier alpha value is -0.700. The molecule has 62 heavy (non-hydrogen) atoms. The van der Waals surface area contributed by atoms with Crippen molar-refractivity contribution in [2.75, 3.05) is 6.61 Å². The Bertz CT molecular complexity index is 1070. The van der Waals surface area contributed by atoms with Gasteiger partial charge >= 0.3 is 7.82 Å². The molecule has 0 aromatic heterocycles. The van der Waals surface area contributed by atoms with Gasteiger partial charge in [-0.05, 0) is 12.8 Å². The summed E-state index contributed by atoms with van der Waals surface area (Å²) in [6.07, 6.45) is 25.7. The summed E-state index contributed by atoms with van der Waals surface area (Å²) in [5.74, 6) is -0.555. The normalized spacial score (nSPS) is 22.9. The predicted molar refractivity (Wildman–Crippen MR) is 248 cm³/mol. The lowest BCUT2D eigenvalue weighted by atomic mass is 9.85. The topological polar surface area (TPSA) is 226 Å². The third-order valence-corrected chi connectivity index (χ3v) is 13.7. The molecule has 0 bridgehead atoms. The number of hydrogen-bond donors (Lipinski definition) is 9. The van der Waals surface area contributed by atoms with Gasteiger partial charge in [-0.3, -0.25) is 13.8 Å². The summed E-state index contributed by atoms with van der Waals surface area (Å²) < 4.78 is 23.0. The Labute approximate surface area is 377 Å². The standard InChI is InChI=1S/C48H96NO12P/c1-3-5-7-9-11-13-15-17-19-20-22-24-26-28-30-32-34-36-41(51)40(38-60-62(58,59)61-48-46(56)44(54)43(53)45(55)47(48)57)49-42(52)37-39(50)35-33-31-29-27-25-23-21-18-16-14-12-10-8-6-4-2/h39-41,43-48,50-51,53-57H,3-38H2,1-2H3,(H,49,52)(H,58,59). The van der Waals surface area contributed by atoms with Gasteiger partial charge in [0, 0.05) is 0 Å². The molecule has 13 nitrogen and oxygen atoms in total. The number of phosphoric ester groups is 1. The highest BCUT2D eigenvalue weighted by Gasteiger charge is 2.51. The zero-order chi connectivity index (χ0) is 45.9. The van der Waals surface area contributed by atoms with Crippen molar-refractivity contribution in [3.63, 3.8) is 0 Å². The third-order valence-electron chi connectivity index (χ3n) is 12.7. The van der Waals surface area contributed by atoms with Crippen LogP contribution in [0.2, 0.25) is 0 Å². The van der Waals surface area contributed by atoms with Gasteiger partial charge in [0.2, 0.25) is 5.91 Å². The summed E-state index contributed by atoms with van der Waals surface area (Å²) in [5.41, 5.74) is 0. The highest BCUT2D eigenvalue weighted by atomic mass is 31.2. The number of carbonyl (C=O) groups is 1. The molecule has 1 fully saturated rings. The van der Waals surface area contributed by atoms with Crippen LogP contribution in [0.1, 0.15) is 239 Å². The average molecular weight is 910 g/mol. The molecule has 0 heterocycles. The summed E-state index contributed by atoms with van der Waals surface area (Å²) >= 11 is 0. The molecule has 0 saturated heterocycles. The zero-order valence-electron chi connectivity index (χ0n) is 39.3. The highest BCUT2D eigenvalue weighted by molar-refractivity contribution is 7.47. The SMILES string of the molecule is CCCCCCCCCCCCCCCCCCCC(O)C(COP(=O)(O)OC1C(O)C(O)C(O)C(O)C1O)NC(=O)CC(O)CCCCCCCCCCCCCCCCC. The highest BCUT2D eigenvalue weighted by Crippen LogP contribution is 2.47. The maximum atomic E-state index is 13.0. The lowest BCUT2D eigenvalue weighted by molar-refractivity contribution is -0.220. The lowest BCUT2D eigenvalue weighted by Gasteiger charge is -2.41. The number of rotatable bonds is 43. The number of nitrogens with one attached hydrogen (secondary N) is 1. The van der Waals surface area contributed by atoms with Crippen LogP contribution in [0.15, 0.2) is 0 Å². The molecule has 1 rings (SSSR count). The average Bonchev–Trinajstić information content (AvgIpc) is 3.24. The van der Waals surface area contributed by atoms with E-state index in [1.54, 1.807) is 0 Å². The molecule has 0 spiro atoms. The molecular weight excluding hydrogens is 813 g/mol. The molecule has 8 unspecified atom stereocenters. The Morgan fingerprint density at radius 3 is 1.16 bits per heavy atom. The van der Waals surface area contributed by atoms with Gasteiger partial charge in [-0.25, -0.2) is 4.57 Å². The van der Waals surface area contributed by atoms with Gasteiger partial charge in [0.25, 0.3) is 0 Å². The summed E-state index contributed by atoms with van der Waals surface area (Å²) in [6, 6.07) is -1.15. The van der Waals surface area contributed by atoms with Crippen molar-refractivity contribution in [1.29, 1.82) is 0 Å². The maximum Gasteiger partial charge on any atom is 0.472 e. The van der Waals surface area contributed by atoms with E-state index in [4.69, 9.17) is 9.05 Å². The van der Waals surface area contributed by atoms with Crippen LogP contribution in [0, 0.1) is 0 Å². The predicted octanol–water partition coefficient (Wildman–Crippen LogP) is 9.21. The van der Waals surface area contributed by atoms with Gasteiger partial charge in [-0.2, -0.15) is 0 Å². The molecule has 0 radical (unpaired) electrons. The molecule has 9 N–H and O–H groups in total. The minimum atomic E-state index is -5.11.